The Morgan fingerprint density at radius 3 is 2.52 bits per heavy atom. The Balaban J connectivity index is 1.55. The minimum absolute atomic E-state index is 0.174. The van der Waals surface area contributed by atoms with Gasteiger partial charge in [0.05, 0.1) is 0 Å². The van der Waals surface area contributed by atoms with Gasteiger partial charge in [0.25, 0.3) is 11.8 Å². The van der Waals surface area contributed by atoms with Gasteiger partial charge in [-0.2, -0.15) is 0 Å². The summed E-state index contributed by atoms with van der Waals surface area (Å²) in [6.45, 7) is 5.23. The second kappa shape index (κ2) is 9.67. The third-order valence-corrected chi connectivity index (χ3v) is 5.13. The van der Waals surface area contributed by atoms with Gasteiger partial charge >= 0.3 is 0 Å². The molecule has 1 aliphatic rings. The molecule has 4 N–H and O–H groups in total. The molecule has 0 aromatic heterocycles. The second-order valence-electron chi connectivity index (χ2n) is 7.71. The molecule has 1 heterocycles. The summed E-state index contributed by atoms with van der Waals surface area (Å²) in [6.07, 6.45) is 1.20. The van der Waals surface area contributed by atoms with Crippen LogP contribution in [0, 0.1) is 0 Å². The number of ether oxygens (including phenoxy) is 1. The zero-order valence-corrected chi connectivity index (χ0v) is 17.0. The average molecular weight is 396 g/mol. The number of carbonyl (C=O) groups excluding carboxylic acids is 2. The highest BCUT2D eigenvalue weighted by molar-refractivity contribution is 5.98. The predicted molar refractivity (Wildman–Crippen MR) is 114 cm³/mol. The van der Waals surface area contributed by atoms with Gasteiger partial charge in [0.15, 0.2) is 0 Å². The van der Waals surface area contributed by atoms with Crippen LogP contribution in [0.5, 0.6) is 0 Å². The van der Waals surface area contributed by atoms with E-state index in [1.807, 2.05) is 12.1 Å². The smallest absolute Gasteiger partial charge is 0.253 e. The lowest BCUT2D eigenvalue weighted by Crippen LogP contribution is -2.32. The molecule has 0 saturated carbocycles. The number of nitrogens with one attached hydrogen (secondary N) is 2. The monoisotopic (exact) mass is 395 g/mol. The minimum atomic E-state index is -0.410. The van der Waals surface area contributed by atoms with Gasteiger partial charge in [0.2, 0.25) is 0 Å². The largest absolute Gasteiger partial charge is 0.368 e. The quantitative estimate of drug-likeness (QED) is 0.670. The van der Waals surface area contributed by atoms with Crippen molar-refractivity contribution in [1.29, 1.82) is 0 Å². The molecule has 154 valence electrons. The Labute approximate surface area is 171 Å². The number of anilines is 1. The number of hydrogen-bond donors (Lipinski definition) is 3. The fourth-order valence-electron chi connectivity index (χ4n) is 3.30. The molecule has 0 aliphatic carbocycles. The van der Waals surface area contributed by atoms with E-state index in [0.717, 1.165) is 18.4 Å². The molecule has 2 aromatic carbocycles. The zero-order valence-electron chi connectivity index (χ0n) is 17.0. The molecule has 29 heavy (non-hydrogen) atoms. The van der Waals surface area contributed by atoms with Crippen LogP contribution in [0.15, 0.2) is 48.5 Å². The maximum absolute atomic E-state index is 12.5. The predicted octanol–water partition coefficient (Wildman–Crippen LogP) is 3.36. The van der Waals surface area contributed by atoms with Gasteiger partial charge in [-0.1, -0.05) is 44.2 Å². The van der Waals surface area contributed by atoms with E-state index >= 15 is 0 Å². The summed E-state index contributed by atoms with van der Waals surface area (Å²) in [5.74, 6) is 0.0624. The molecule has 1 aliphatic heterocycles. The maximum atomic E-state index is 12.5. The van der Waals surface area contributed by atoms with Crippen molar-refractivity contribution in [2.24, 2.45) is 5.73 Å². The van der Waals surface area contributed by atoms with E-state index < -0.39 is 6.10 Å². The first-order valence-electron chi connectivity index (χ1n) is 10.1. The van der Waals surface area contributed by atoms with E-state index in [2.05, 4.69) is 36.6 Å². The molecular formula is C23H29N3O3. The van der Waals surface area contributed by atoms with Crippen LogP contribution in [0.2, 0.25) is 0 Å². The number of rotatable bonds is 7. The summed E-state index contributed by atoms with van der Waals surface area (Å²) in [6, 6.07) is 14.7. The molecule has 2 unspecified atom stereocenters. The first-order valence-corrected chi connectivity index (χ1v) is 10.1. The van der Waals surface area contributed by atoms with Crippen LogP contribution >= 0.6 is 0 Å². The highest BCUT2D eigenvalue weighted by Crippen LogP contribution is 2.18. The number of amides is 2. The van der Waals surface area contributed by atoms with Gasteiger partial charge in [-0.3, -0.25) is 9.59 Å². The molecule has 1 fully saturated rings. The third-order valence-electron chi connectivity index (χ3n) is 5.13. The SMILES string of the molecule is CC(C)c1ccc(C(N)CNC(=O)c2cccc(NC(=O)C3CCCO3)c2)cc1. The summed E-state index contributed by atoms with van der Waals surface area (Å²) in [5.41, 5.74) is 9.51. The molecule has 1 saturated heterocycles. The Morgan fingerprint density at radius 2 is 1.86 bits per heavy atom. The number of nitrogens with two attached hydrogens (primary N) is 1. The Morgan fingerprint density at radius 1 is 1.14 bits per heavy atom. The topological polar surface area (TPSA) is 93.5 Å². The van der Waals surface area contributed by atoms with Crippen molar-refractivity contribution in [3.8, 4) is 0 Å². The standard InChI is InChI=1S/C23H29N3O3/c1-15(2)16-8-10-17(11-9-16)20(24)14-25-22(27)18-5-3-6-19(13-18)26-23(28)21-7-4-12-29-21/h3,5-6,8-11,13,15,20-21H,4,7,12,14,24H2,1-2H3,(H,25,27)(H,26,28). The fraction of sp³-hybridized carbons (Fsp3) is 0.391. The lowest BCUT2D eigenvalue weighted by Gasteiger charge is -2.15. The molecule has 2 atom stereocenters. The molecular weight excluding hydrogens is 366 g/mol. The van der Waals surface area contributed by atoms with E-state index in [4.69, 9.17) is 10.5 Å². The summed E-state index contributed by atoms with van der Waals surface area (Å²) in [7, 11) is 0. The van der Waals surface area contributed by atoms with Crippen LogP contribution in [0.3, 0.4) is 0 Å². The van der Waals surface area contributed by atoms with E-state index in [9.17, 15) is 9.59 Å². The van der Waals surface area contributed by atoms with Crippen LogP contribution in [0.25, 0.3) is 0 Å². The Kier molecular flexibility index (Phi) is 7.01. The molecule has 0 bridgehead atoms. The molecule has 6 nitrogen and oxygen atoms in total. The molecule has 0 radical (unpaired) electrons. The van der Waals surface area contributed by atoms with Crippen LogP contribution in [-0.4, -0.2) is 31.1 Å². The van der Waals surface area contributed by atoms with Gasteiger partial charge in [0.1, 0.15) is 6.10 Å². The second-order valence-corrected chi connectivity index (χ2v) is 7.71. The summed E-state index contributed by atoms with van der Waals surface area (Å²) in [4.78, 5) is 24.7. The van der Waals surface area contributed by atoms with E-state index in [0.29, 0.717) is 30.3 Å². The summed E-state index contributed by atoms with van der Waals surface area (Å²) < 4.78 is 5.39. The molecule has 3 rings (SSSR count). The Hall–Kier alpha value is -2.70. The van der Waals surface area contributed by atoms with Gasteiger partial charge in [-0.05, 0) is 48.1 Å². The Bertz CT molecular complexity index is 843. The normalized spacial score (nSPS) is 17.2. The number of hydrogen-bond acceptors (Lipinski definition) is 4. The fourth-order valence-corrected chi connectivity index (χ4v) is 3.30. The van der Waals surface area contributed by atoms with Crippen molar-refractivity contribution in [2.75, 3.05) is 18.5 Å². The van der Waals surface area contributed by atoms with Crippen LogP contribution < -0.4 is 16.4 Å². The average Bonchev–Trinajstić information content (AvgIpc) is 3.27. The van der Waals surface area contributed by atoms with Crippen molar-refractivity contribution in [2.45, 2.75) is 44.8 Å². The minimum Gasteiger partial charge on any atom is -0.368 e. The number of carbonyl (C=O) groups is 2. The summed E-state index contributed by atoms with van der Waals surface area (Å²) >= 11 is 0. The van der Waals surface area contributed by atoms with Gasteiger partial charge in [-0.15, -0.1) is 0 Å². The van der Waals surface area contributed by atoms with Crippen LogP contribution in [0.1, 0.15) is 60.1 Å². The lowest BCUT2D eigenvalue weighted by molar-refractivity contribution is -0.124. The molecule has 6 heteroatoms. The maximum Gasteiger partial charge on any atom is 0.253 e. The number of benzene rings is 2. The van der Waals surface area contributed by atoms with Gasteiger partial charge in [0, 0.05) is 30.4 Å². The first kappa shape index (κ1) is 21.0. The van der Waals surface area contributed by atoms with E-state index in [1.165, 1.54) is 5.56 Å². The summed E-state index contributed by atoms with van der Waals surface area (Å²) in [5, 5.41) is 5.68. The molecule has 0 spiro atoms. The van der Waals surface area contributed by atoms with Crippen molar-refractivity contribution in [3.05, 3.63) is 65.2 Å². The van der Waals surface area contributed by atoms with Crippen molar-refractivity contribution < 1.29 is 14.3 Å². The molecule has 2 amide bonds. The molecule has 2 aromatic rings. The van der Waals surface area contributed by atoms with Crippen LogP contribution in [-0.2, 0) is 9.53 Å². The highest BCUT2D eigenvalue weighted by Gasteiger charge is 2.23. The van der Waals surface area contributed by atoms with Crippen molar-refractivity contribution >= 4 is 17.5 Å². The van der Waals surface area contributed by atoms with Crippen LogP contribution in [0.4, 0.5) is 5.69 Å². The zero-order chi connectivity index (χ0) is 20.8. The van der Waals surface area contributed by atoms with E-state index in [1.54, 1.807) is 24.3 Å². The first-order chi connectivity index (χ1) is 13.9. The van der Waals surface area contributed by atoms with Gasteiger partial charge in [-0.25, -0.2) is 0 Å². The van der Waals surface area contributed by atoms with E-state index in [-0.39, 0.29) is 17.9 Å². The highest BCUT2D eigenvalue weighted by atomic mass is 16.5. The van der Waals surface area contributed by atoms with Crippen molar-refractivity contribution in [1.82, 2.24) is 5.32 Å². The van der Waals surface area contributed by atoms with Gasteiger partial charge < -0.3 is 21.1 Å². The lowest BCUT2D eigenvalue weighted by atomic mass is 9.99. The van der Waals surface area contributed by atoms with Crippen molar-refractivity contribution in [3.63, 3.8) is 0 Å². The third kappa shape index (κ3) is 5.65.